The second-order valence-electron chi connectivity index (χ2n) is 17.8. The van der Waals surface area contributed by atoms with Crippen LogP contribution in [0.15, 0.2) is 12.2 Å². The molecule has 0 radical (unpaired) electrons. The third-order valence-electron chi connectivity index (χ3n) is 14.3. The zero-order chi connectivity index (χ0) is 38.4. The lowest BCUT2D eigenvalue weighted by atomic mass is 9.72. The number of carboxylic acid groups (broad SMARTS) is 1. The smallest absolute Gasteiger partial charge is 0.309 e. The molecule has 10 nitrogen and oxygen atoms in total. The number of carbonyl (C=O) groups excluding carboxylic acids is 1. The van der Waals surface area contributed by atoms with Crippen molar-refractivity contribution in [3.05, 3.63) is 12.2 Å². The van der Waals surface area contributed by atoms with Crippen LogP contribution in [0.1, 0.15) is 140 Å². The van der Waals surface area contributed by atoms with E-state index in [0.29, 0.717) is 51.4 Å². The van der Waals surface area contributed by atoms with Gasteiger partial charge in [-0.2, -0.15) is 0 Å². The fourth-order valence-corrected chi connectivity index (χ4v) is 10.5. The van der Waals surface area contributed by atoms with Crippen molar-refractivity contribution in [3.63, 3.8) is 0 Å². The molecular weight excluding hydrogens is 664 g/mol. The van der Waals surface area contributed by atoms with Crippen LogP contribution >= 0.6 is 0 Å². The molecular formula is C42H70O10. The van der Waals surface area contributed by atoms with Gasteiger partial charge in [-0.3, -0.25) is 9.59 Å². The van der Waals surface area contributed by atoms with Crippen LogP contribution in [0.2, 0.25) is 0 Å². The van der Waals surface area contributed by atoms with Crippen LogP contribution in [0.4, 0.5) is 0 Å². The Kier molecular flexibility index (Phi) is 12.8. The highest BCUT2D eigenvalue weighted by molar-refractivity contribution is 5.84. The molecule has 4 fully saturated rings. The maximum atomic E-state index is 14.4. The number of ketones is 1. The van der Waals surface area contributed by atoms with E-state index in [1.807, 2.05) is 47.6 Å². The first kappa shape index (κ1) is 41.8. The van der Waals surface area contributed by atoms with Crippen molar-refractivity contribution >= 4 is 11.8 Å². The standard InChI is InChI=1S/C42H70O10/c1-11-30(38(45)46)32-16-15-24(4)36(49-32)28(8)34(43)27(7)35(44)31(12-2)37-25(5)23-26(6)42(50-37)19-14-18-41(52-42)22-21-39(10,51-41)33-17-20-40(47,13-3)29(9)48-33/h14,19,24-34,36-37,43,47H,11-13,15-18,20-23H2,1-10H3,(H,45,46)/t24-,25-,26+,27-,28-,29-,30+,31-,32+,33+,34+,36+,37-,39-,40+,41+,42+/m0/s1. The van der Waals surface area contributed by atoms with Crippen molar-refractivity contribution in [3.8, 4) is 0 Å². The van der Waals surface area contributed by atoms with Crippen LogP contribution < -0.4 is 0 Å². The Bertz CT molecular complexity index is 1290. The third kappa shape index (κ3) is 7.83. The van der Waals surface area contributed by atoms with E-state index in [0.717, 1.165) is 19.3 Å². The molecule has 5 aliphatic rings. The molecule has 3 N–H and O–H groups in total. The van der Waals surface area contributed by atoms with E-state index < -0.39 is 64.8 Å². The molecule has 4 saturated heterocycles. The van der Waals surface area contributed by atoms with E-state index in [-0.39, 0.29) is 47.8 Å². The Balaban J connectivity index is 1.29. The molecule has 0 bridgehead atoms. The number of ether oxygens (including phenoxy) is 5. The lowest BCUT2D eigenvalue weighted by molar-refractivity contribution is -0.393. The van der Waals surface area contributed by atoms with Crippen LogP contribution in [0, 0.1) is 41.4 Å². The minimum atomic E-state index is -1.06. The highest BCUT2D eigenvalue weighted by atomic mass is 16.8. The van der Waals surface area contributed by atoms with Crippen molar-refractivity contribution in [2.45, 2.75) is 199 Å². The topological polar surface area (TPSA) is 141 Å². The first-order valence-corrected chi connectivity index (χ1v) is 20.6. The maximum Gasteiger partial charge on any atom is 0.309 e. The molecule has 0 aromatic carbocycles. The number of carbonyl (C=O) groups is 2. The van der Waals surface area contributed by atoms with Gasteiger partial charge in [0.1, 0.15) is 5.78 Å². The summed E-state index contributed by atoms with van der Waals surface area (Å²) in [5.41, 5.74) is -1.40. The number of carboxylic acids is 1. The number of aliphatic hydroxyl groups is 2. The van der Waals surface area contributed by atoms with Gasteiger partial charge >= 0.3 is 5.97 Å². The Morgan fingerprint density at radius 1 is 0.885 bits per heavy atom. The maximum absolute atomic E-state index is 14.4. The minimum Gasteiger partial charge on any atom is -0.481 e. The molecule has 0 aromatic heterocycles. The van der Waals surface area contributed by atoms with Crippen LogP contribution in [0.3, 0.4) is 0 Å². The van der Waals surface area contributed by atoms with Crippen LogP contribution in [0.5, 0.6) is 0 Å². The summed E-state index contributed by atoms with van der Waals surface area (Å²) >= 11 is 0. The number of hydrogen-bond donors (Lipinski definition) is 3. The summed E-state index contributed by atoms with van der Waals surface area (Å²) in [4.78, 5) is 26.3. The summed E-state index contributed by atoms with van der Waals surface area (Å²) < 4.78 is 33.9. The van der Waals surface area contributed by atoms with Crippen molar-refractivity contribution in [1.82, 2.24) is 0 Å². The van der Waals surface area contributed by atoms with Gasteiger partial charge in [0.05, 0.1) is 53.7 Å². The van der Waals surface area contributed by atoms with Gasteiger partial charge in [-0.25, -0.2) is 0 Å². The van der Waals surface area contributed by atoms with E-state index in [9.17, 15) is 24.9 Å². The van der Waals surface area contributed by atoms with Gasteiger partial charge in [-0.05, 0) is 89.5 Å². The van der Waals surface area contributed by atoms with Gasteiger partial charge in [-0.15, -0.1) is 0 Å². The summed E-state index contributed by atoms with van der Waals surface area (Å²) in [5.74, 6) is -4.67. The molecule has 5 aliphatic heterocycles. The molecule has 2 spiro atoms. The van der Waals surface area contributed by atoms with Crippen LogP contribution in [0.25, 0.3) is 0 Å². The summed E-state index contributed by atoms with van der Waals surface area (Å²) in [6.45, 7) is 20.0. The van der Waals surface area contributed by atoms with E-state index in [4.69, 9.17) is 23.7 Å². The summed E-state index contributed by atoms with van der Waals surface area (Å²) in [7, 11) is 0. The monoisotopic (exact) mass is 734 g/mol. The molecule has 5 rings (SSSR count). The fourth-order valence-electron chi connectivity index (χ4n) is 10.5. The Labute approximate surface area is 312 Å². The van der Waals surface area contributed by atoms with Gasteiger partial charge in [0.15, 0.2) is 11.6 Å². The van der Waals surface area contributed by atoms with Gasteiger partial charge in [-0.1, -0.05) is 61.5 Å². The second kappa shape index (κ2) is 16.0. The van der Waals surface area contributed by atoms with Crippen molar-refractivity contribution in [1.29, 1.82) is 0 Å². The van der Waals surface area contributed by atoms with Crippen molar-refractivity contribution in [2.24, 2.45) is 41.4 Å². The molecule has 5 heterocycles. The lowest BCUT2D eigenvalue weighted by Gasteiger charge is -2.53. The molecule has 52 heavy (non-hydrogen) atoms. The number of hydrogen-bond acceptors (Lipinski definition) is 9. The van der Waals surface area contributed by atoms with Gasteiger partial charge < -0.3 is 39.0 Å². The predicted molar refractivity (Wildman–Crippen MR) is 197 cm³/mol. The van der Waals surface area contributed by atoms with Crippen molar-refractivity contribution in [2.75, 3.05) is 0 Å². The second-order valence-corrected chi connectivity index (χ2v) is 17.8. The van der Waals surface area contributed by atoms with E-state index in [1.54, 1.807) is 0 Å². The summed E-state index contributed by atoms with van der Waals surface area (Å²) in [6, 6.07) is 0. The molecule has 0 aromatic rings. The fraction of sp³-hybridized carbons (Fsp3) is 0.905. The normalized spacial score (nSPS) is 45.4. The molecule has 0 amide bonds. The van der Waals surface area contributed by atoms with Crippen LogP contribution in [-0.4, -0.2) is 86.5 Å². The number of aliphatic hydroxyl groups excluding tert-OH is 1. The average molecular weight is 735 g/mol. The molecule has 0 saturated carbocycles. The number of aliphatic carboxylic acids is 1. The molecule has 0 unspecified atom stereocenters. The predicted octanol–water partition coefficient (Wildman–Crippen LogP) is 7.22. The number of Topliss-reactive ketones (excluding diaryl/α,β-unsaturated/α-hetero) is 1. The zero-order valence-corrected chi connectivity index (χ0v) is 33.6. The third-order valence-corrected chi connectivity index (χ3v) is 14.3. The number of rotatable bonds is 12. The SMILES string of the molecule is CC[C@@H](C(=O)[C@@H](C)[C@@H](O)[C@H](C)[C@@H]1O[C@@H]([C@@H](CC)C(=O)O)CC[C@@H]1C)[C@H]1O[C@@]2(C=CC[C@]3(CC[C@@](C)([C@H]4CC[C@](O)(CC)[C@H](C)O4)O3)O2)[C@H](C)C[C@@H]1C. The zero-order valence-electron chi connectivity index (χ0n) is 33.6. The highest BCUT2D eigenvalue weighted by Gasteiger charge is 2.60. The molecule has 17 atom stereocenters. The Morgan fingerprint density at radius 3 is 2.19 bits per heavy atom. The summed E-state index contributed by atoms with van der Waals surface area (Å²) in [6.07, 6.45) is 8.95. The molecule has 10 heteroatoms. The van der Waals surface area contributed by atoms with Gasteiger partial charge in [0, 0.05) is 36.5 Å². The molecule has 0 aliphatic carbocycles. The first-order chi connectivity index (χ1) is 24.4. The quantitative estimate of drug-likeness (QED) is 0.176. The Hall–Kier alpha value is -1.40. The van der Waals surface area contributed by atoms with Crippen molar-refractivity contribution < 1.29 is 48.6 Å². The summed E-state index contributed by atoms with van der Waals surface area (Å²) in [5, 5.41) is 32.5. The largest absolute Gasteiger partial charge is 0.481 e. The average Bonchev–Trinajstić information content (AvgIpc) is 3.43. The highest BCUT2D eigenvalue weighted by Crippen LogP contribution is 2.54. The first-order valence-electron chi connectivity index (χ1n) is 20.6. The Morgan fingerprint density at radius 2 is 1.58 bits per heavy atom. The van der Waals surface area contributed by atoms with Gasteiger partial charge in [0.25, 0.3) is 0 Å². The van der Waals surface area contributed by atoms with E-state index in [2.05, 4.69) is 33.8 Å². The van der Waals surface area contributed by atoms with Crippen LogP contribution in [-0.2, 0) is 33.3 Å². The van der Waals surface area contributed by atoms with Gasteiger partial charge in [0.2, 0.25) is 0 Å². The minimum absolute atomic E-state index is 0.0134. The molecule has 298 valence electrons. The van der Waals surface area contributed by atoms with E-state index in [1.165, 1.54) is 0 Å². The lowest BCUT2D eigenvalue weighted by Crippen LogP contribution is -2.60. The van der Waals surface area contributed by atoms with E-state index >= 15 is 0 Å².